The Labute approximate surface area is 91.1 Å². The SMILES string of the molecule is Cc1nn2cc(C(=O)NC(C)C)nc2s1. The van der Waals surface area contributed by atoms with Gasteiger partial charge in [0.05, 0.1) is 6.20 Å². The average molecular weight is 224 g/mol. The monoisotopic (exact) mass is 224 g/mol. The molecule has 0 aliphatic carbocycles. The summed E-state index contributed by atoms with van der Waals surface area (Å²) >= 11 is 1.47. The summed E-state index contributed by atoms with van der Waals surface area (Å²) < 4.78 is 1.63. The highest BCUT2D eigenvalue weighted by atomic mass is 32.1. The fraction of sp³-hybridized carbons (Fsp3) is 0.444. The van der Waals surface area contributed by atoms with E-state index in [1.54, 1.807) is 10.7 Å². The van der Waals surface area contributed by atoms with Gasteiger partial charge in [-0.3, -0.25) is 4.79 Å². The zero-order chi connectivity index (χ0) is 11.0. The van der Waals surface area contributed by atoms with E-state index in [2.05, 4.69) is 15.4 Å². The molecule has 0 radical (unpaired) electrons. The molecule has 2 rings (SSSR count). The second kappa shape index (κ2) is 3.62. The zero-order valence-electron chi connectivity index (χ0n) is 8.81. The molecular weight excluding hydrogens is 212 g/mol. The average Bonchev–Trinajstić information content (AvgIpc) is 2.58. The number of hydrogen-bond donors (Lipinski definition) is 1. The maximum Gasteiger partial charge on any atom is 0.271 e. The summed E-state index contributed by atoms with van der Waals surface area (Å²) in [4.78, 5) is 16.5. The lowest BCUT2D eigenvalue weighted by Gasteiger charge is -2.04. The van der Waals surface area contributed by atoms with Crippen molar-refractivity contribution in [3.8, 4) is 0 Å². The summed E-state index contributed by atoms with van der Waals surface area (Å²) in [5.41, 5.74) is 0.419. The van der Waals surface area contributed by atoms with Crippen molar-refractivity contribution < 1.29 is 4.79 Å². The Bertz CT molecular complexity index is 468. The molecule has 6 heteroatoms. The summed E-state index contributed by atoms with van der Waals surface area (Å²) in [6.07, 6.45) is 1.65. The Morgan fingerprint density at radius 3 is 2.93 bits per heavy atom. The summed E-state index contributed by atoms with van der Waals surface area (Å²) in [5.74, 6) is -0.152. The normalized spacial score (nSPS) is 11.2. The number of rotatable bonds is 2. The van der Waals surface area contributed by atoms with Crippen LogP contribution in [0.1, 0.15) is 29.3 Å². The van der Waals surface area contributed by atoms with E-state index in [4.69, 9.17) is 0 Å². The van der Waals surface area contributed by atoms with E-state index < -0.39 is 0 Å². The number of carbonyl (C=O) groups excluding carboxylic acids is 1. The third-order valence-corrected chi connectivity index (χ3v) is 2.63. The highest BCUT2D eigenvalue weighted by Gasteiger charge is 2.13. The molecule has 0 atom stereocenters. The standard InChI is InChI=1S/C9H12N4OS/c1-5(2)10-8(14)7-4-13-9(11-7)15-6(3)12-13/h4-5H,1-3H3,(H,10,14). The number of hydrogen-bond acceptors (Lipinski definition) is 4. The smallest absolute Gasteiger partial charge is 0.271 e. The van der Waals surface area contributed by atoms with Crippen molar-refractivity contribution in [2.75, 3.05) is 0 Å². The van der Waals surface area contributed by atoms with Gasteiger partial charge in [0.15, 0.2) is 0 Å². The molecule has 0 saturated carbocycles. The zero-order valence-corrected chi connectivity index (χ0v) is 9.63. The quantitative estimate of drug-likeness (QED) is 0.834. The van der Waals surface area contributed by atoms with Gasteiger partial charge in [0, 0.05) is 6.04 Å². The van der Waals surface area contributed by atoms with Crippen LogP contribution in [0.3, 0.4) is 0 Å². The number of nitrogens with one attached hydrogen (secondary N) is 1. The van der Waals surface area contributed by atoms with Crippen molar-refractivity contribution >= 4 is 22.2 Å². The summed E-state index contributed by atoms with van der Waals surface area (Å²) in [6.45, 7) is 5.74. The molecule has 2 heterocycles. The topological polar surface area (TPSA) is 59.3 Å². The van der Waals surface area contributed by atoms with Crippen LogP contribution in [-0.2, 0) is 0 Å². The summed E-state index contributed by atoms with van der Waals surface area (Å²) in [6, 6.07) is 0.118. The first-order valence-electron chi connectivity index (χ1n) is 4.70. The number of carbonyl (C=O) groups is 1. The molecule has 2 aromatic rings. The molecule has 0 aromatic carbocycles. The first-order valence-corrected chi connectivity index (χ1v) is 5.51. The maximum atomic E-state index is 11.6. The lowest BCUT2D eigenvalue weighted by atomic mass is 10.3. The molecule has 0 unspecified atom stereocenters. The van der Waals surface area contributed by atoms with Crippen LogP contribution in [0.5, 0.6) is 0 Å². The van der Waals surface area contributed by atoms with Gasteiger partial charge in [0.1, 0.15) is 10.7 Å². The lowest BCUT2D eigenvalue weighted by Crippen LogP contribution is -2.30. The number of fused-ring (bicyclic) bond motifs is 1. The Balaban J connectivity index is 2.29. The lowest BCUT2D eigenvalue weighted by molar-refractivity contribution is 0.0938. The van der Waals surface area contributed by atoms with Crippen molar-refractivity contribution in [2.24, 2.45) is 0 Å². The Hall–Kier alpha value is -1.43. The molecule has 0 fully saturated rings. The van der Waals surface area contributed by atoms with Crippen LogP contribution in [-0.4, -0.2) is 26.5 Å². The van der Waals surface area contributed by atoms with E-state index in [9.17, 15) is 4.79 Å². The van der Waals surface area contributed by atoms with Gasteiger partial charge in [-0.1, -0.05) is 11.3 Å². The minimum absolute atomic E-state index is 0.118. The third kappa shape index (κ3) is 1.99. The fourth-order valence-corrected chi connectivity index (χ4v) is 1.97. The van der Waals surface area contributed by atoms with E-state index in [0.29, 0.717) is 5.69 Å². The molecule has 0 bridgehead atoms. The molecule has 0 aliphatic rings. The van der Waals surface area contributed by atoms with Crippen molar-refractivity contribution in [3.05, 3.63) is 16.9 Å². The van der Waals surface area contributed by atoms with Crippen LogP contribution in [0.2, 0.25) is 0 Å². The second-order valence-electron chi connectivity index (χ2n) is 3.60. The van der Waals surface area contributed by atoms with Crippen molar-refractivity contribution in [3.63, 3.8) is 0 Å². The number of imidazole rings is 1. The highest BCUT2D eigenvalue weighted by Crippen LogP contribution is 2.13. The van der Waals surface area contributed by atoms with E-state index in [1.807, 2.05) is 20.8 Å². The van der Waals surface area contributed by atoms with Gasteiger partial charge in [0.25, 0.3) is 5.91 Å². The van der Waals surface area contributed by atoms with Gasteiger partial charge < -0.3 is 5.32 Å². The molecule has 1 amide bonds. The molecule has 2 aromatic heterocycles. The van der Waals surface area contributed by atoms with Crippen LogP contribution >= 0.6 is 11.3 Å². The van der Waals surface area contributed by atoms with Crippen molar-refractivity contribution in [1.82, 2.24) is 19.9 Å². The van der Waals surface area contributed by atoms with Gasteiger partial charge >= 0.3 is 0 Å². The maximum absolute atomic E-state index is 11.6. The van der Waals surface area contributed by atoms with E-state index in [0.717, 1.165) is 9.97 Å². The van der Waals surface area contributed by atoms with E-state index in [1.165, 1.54) is 11.3 Å². The number of aromatic nitrogens is 3. The molecule has 5 nitrogen and oxygen atoms in total. The van der Waals surface area contributed by atoms with Gasteiger partial charge in [0.2, 0.25) is 4.96 Å². The Morgan fingerprint density at radius 2 is 2.33 bits per heavy atom. The molecule has 0 aliphatic heterocycles. The summed E-state index contributed by atoms with van der Waals surface area (Å²) in [5, 5.41) is 7.91. The number of aryl methyl sites for hydroxylation is 1. The number of amides is 1. The van der Waals surface area contributed by atoms with Crippen molar-refractivity contribution in [2.45, 2.75) is 26.8 Å². The van der Waals surface area contributed by atoms with Gasteiger partial charge in [-0.05, 0) is 20.8 Å². The molecule has 0 spiro atoms. The first-order chi connectivity index (χ1) is 7.06. The van der Waals surface area contributed by atoms with Crippen LogP contribution in [0.15, 0.2) is 6.20 Å². The third-order valence-electron chi connectivity index (χ3n) is 1.80. The van der Waals surface area contributed by atoms with Gasteiger partial charge in [-0.15, -0.1) is 0 Å². The molecule has 15 heavy (non-hydrogen) atoms. The van der Waals surface area contributed by atoms with E-state index >= 15 is 0 Å². The van der Waals surface area contributed by atoms with Crippen LogP contribution in [0.4, 0.5) is 0 Å². The Kier molecular flexibility index (Phi) is 2.44. The fourth-order valence-electron chi connectivity index (χ4n) is 1.25. The number of nitrogens with zero attached hydrogens (tertiary/aromatic N) is 3. The van der Waals surface area contributed by atoms with Crippen molar-refractivity contribution in [1.29, 1.82) is 0 Å². The van der Waals surface area contributed by atoms with Crippen LogP contribution in [0.25, 0.3) is 4.96 Å². The Morgan fingerprint density at radius 1 is 1.60 bits per heavy atom. The second-order valence-corrected chi connectivity index (χ2v) is 4.76. The van der Waals surface area contributed by atoms with Crippen LogP contribution < -0.4 is 5.32 Å². The molecular formula is C9H12N4OS. The van der Waals surface area contributed by atoms with E-state index in [-0.39, 0.29) is 11.9 Å². The highest BCUT2D eigenvalue weighted by molar-refractivity contribution is 7.16. The van der Waals surface area contributed by atoms with Gasteiger partial charge in [-0.25, -0.2) is 9.50 Å². The first kappa shape index (κ1) is 10.1. The predicted octanol–water partition coefficient (Wildman–Crippen LogP) is 1.24. The predicted molar refractivity (Wildman–Crippen MR) is 58.2 cm³/mol. The summed E-state index contributed by atoms with van der Waals surface area (Å²) in [7, 11) is 0. The molecule has 0 saturated heterocycles. The largest absolute Gasteiger partial charge is 0.348 e. The molecule has 1 N–H and O–H groups in total. The molecule has 80 valence electrons. The minimum Gasteiger partial charge on any atom is -0.348 e. The minimum atomic E-state index is -0.152. The van der Waals surface area contributed by atoms with Gasteiger partial charge in [-0.2, -0.15) is 5.10 Å². The van der Waals surface area contributed by atoms with Crippen LogP contribution in [0, 0.1) is 6.92 Å².